The van der Waals surface area contributed by atoms with Gasteiger partial charge in [-0.3, -0.25) is 0 Å². The molecule has 2 heterocycles. The van der Waals surface area contributed by atoms with Gasteiger partial charge in [0.1, 0.15) is 0 Å². The van der Waals surface area contributed by atoms with Crippen molar-refractivity contribution in [1.82, 2.24) is 19.9 Å². The highest BCUT2D eigenvalue weighted by atomic mass is 79.9. The molecule has 1 aliphatic heterocycles. The molecule has 23 heavy (non-hydrogen) atoms. The van der Waals surface area contributed by atoms with Crippen LogP contribution in [-0.2, 0) is 0 Å². The van der Waals surface area contributed by atoms with Crippen molar-refractivity contribution in [2.24, 2.45) is 0 Å². The summed E-state index contributed by atoms with van der Waals surface area (Å²) < 4.78 is 1.04. The van der Waals surface area contributed by atoms with Gasteiger partial charge in [-0.15, -0.1) is 0 Å². The van der Waals surface area contributed by atoms with E-state index in [1.165, 1.54) is 0 Å². The van der Waals surface area contributed by atoms with E-state index in [9.17, 15) is 0 Å². The molecule has 1 aromatic carbocycles. The van der Waals surface area contributed by atoms with Gasteiger partial charge in [0.25, 0.3) is 0 Å². The van der Waals surface area contributed by atoms with Gasteiger partial charge in [-0.05, 0) is 30.8 Å². The molecule has 0 spiro atoms. The number of aromatic nitrogens is 3. The second-order valence-corrected chi connectivity index (χ2v) is 6.45. The minimum atomic E-state index is 0.253. The summed E-state index contributed by atoms with van der Waals surface area (Å²) >= 11 is 3.46. The molecule has 1 aliphatic rings. The molecule has 0 radical (unpaired) electrons. The van der Waals surface area contributed by atoms with Crippen LogP contribution in [0.15, 0.2) is 28.7 Å². The summed E-state index contributed by atoms with van der Waals surface area (Å²) in [6.45, 7) is 3.78. The van der Waals surface area contributed by atoms with E-state index in [0.29, 0.717) is 11.8 Å². The monoisotopic (exact) mass is 374 g/mol. The number of piperazine rings is 1. The Morgan fingerprint density at radius 2 is 1.87 bits per heavy atom. The quantitative estimate of drug-likeness (QED) is 0.887. The van der Waals surface area contributed by atoms with Gasteiger partial charge in [0.2, 0.25) is 11.9 Å². The summed E-state index contributed by atoms with van der Waals surface area (Å²) in [6.07, 6.45) is 3.83. The van der Waals surface area contributed by atoms with E-state index >= 15 is 0 Å². The van der Waals surface area contributed by atoms with E-state index in [0.717, 1.165) is 36.2 Å². The molecule has 0 unspecified atom stereocenters. The Balaban J connectivity index is 1.80. The zero-order valence-corrected chi connectivity index (χ0v) is 14.6. The molecule has 0 bridgehead atoms. The van der Waals surface area contributed by atoms with Gasteiger partial charge in [0.05, 0.1) is 0 Å². The number of nitrogen functional groups attached to an aromatic ring is 1. The van der Waals surface area contributed by atoms with Crippen molar-refractivity contribution in [2.75, 3.05) is 43.9 Å². The lowest BCUT2D eigenvalue weighted by Crippen LogP contribution is -2.45. The summed E-state index contributed by atoms with van der Waals surface area (Å²) in [5, 5.41) is 0. The highest BCUT2D eigenvalue weighted by molar-refractivity contribution is 9.10. The summed E-state index contributed by atoms with van der Waals surface area (Å²) in [6, 6.07) is 8.03. The Kier molecular flexibility index (Phi) is 4.88. The first-order valence-corrected chi connectivity index (χ1v) is 8.28. The first-order valence-electron chi connectivity index (χ1n) is 7.49. The molecule has 0 aliphatic carbocycles. The maximum atomic E-state index is 5.85. The Morgan fingerprint density at radius 1 is 1.09 bits per heavy atom. The molecule has 3 rings (SSSR count). The van der Waals surface area contributed by atoms with E-state index in [4.69, 9.17) is 5.73 Å². The molecule has 2 aromatic rings. The van der Waals surface area contributed by atoms with Gasteiger partial charge in [0, 0.05) is 30.7 Å². The zero-order chi connectivity index (χ0) is 16.2. The highest BCUT2D eigenvalue weighted by Crippen LogP contribution is 2.15. The van der Waals surface area contributed by atoms with Gasteiger partial charge in [-0.25, -0.2) is 0 Å². The Bertz CT molecular complexity index is 709. The molecule has 0 amide bonds. The number of nitrogens with zero attached hydrogens (tertiary/aromatic N) is 5. The van der Waals surface area contributed by atoms with Gasteiger partial charge >= 0.3 is 0 Å². The normalized spacial score (nSPS) is 16.2. The number of rotatable bonds is 3. The summed E-state index contributed by atoms with van der Waals surface area (Å²) in [4.78, 5) is 17.4. The fourth-order valence-electron chi connectivity index (χ4n) is 2.40. The fourth-order valence-corrected chi connectivity index (χ4v) is 2.82. The number of hydrogen-bond donors (Lipinski definition) is 1. The van der Waals surface area contributed by atoms with Crippen molar-refractivity contribution in [3.8, 4) is 0 Å². The predicted octanol–water partition coefficient (Wildman–Crippen LogP) is 2.14. The third-order valence-electron chi connectivity index (χ3n) is 3.72. The second kappa shape index (κ2) is 7.06. The molecule has 2 N–H and O–H groups in total. The molecular weight excluding hydrogens is 356 g/mol. The summed E-state index contributed by atoms with van der Waals surface area (Å²) in [5.74, 6) is 1.48. The molecular formula is C16H19BrN6. The zero-order valence-electron chi connectivity index (χ0n) is 13.0. The molecule has 0 atom stereocenters. The highest BCUT2D eigenvalue weighted by Gasteiger charge is 2.17. The summed E-state index contributed by atoms with van der Waals surface area (Å²) in [7, 11) is 2.12. The third kappa shape index (κ3) is 4.27. The minimum Gasteiger partial charge on any atom is -0.368 e. The first kappa shape index (κ1) is 15.9. The average molecular weight is 375 g/mol. The molecule has 6 nitrogen and oxygen atoms in total. The van der Waals surface area contributed by atoms with E-state index in [1.54, 1.807) is 0 Å². The van der Waals surface area contributed by atoms with Crippen molar-refractivity contribution in [1.29, 1.82) is 0 Å². The first-order chi connectivity index (χ1) is 11.1. The van der Waals surface area contributed by atoms with E-state index in [2.05, 4.69) is 47.7 Å². The number of nitrogens with two attached hydrogens (primary N) is 1. The standard InChI is InChI=1S/C16H19BrN6/c1-22-7-9-23(10-8-22)16-20-14(19-15(18)21-16)6-5-12-3-2-4-13(17)11-12/h2-6,11H,7-10H2,1H3,(H2,18,19,20,21)/b6-5+. The van der Waals surface area contributed by atoms with E-state index in [1.807, 2.05) is 36.4 Å². The van der Waals surface area contributed by atoms with Crippen LogP contribution in [0.1, 0.15) is 11.4 Å². The van der Waals surface area contributed by atoms with Crippen LogP contribution < -0.4 is 10.6 Å². The van der Waals surface area contributed by atoms with Gasteiger partial charge in [0.15, 0.2) is 5.82 Å². The van der Waals surface area contributed by atoms with Crippen molar-refractivity contribution >= 4 is 40.0 Å². The largest absolute Gasteiger partial charge is 0.368 e. The van der Waals surface area contributed by atoms with Crippen molar-refractivity contribution in [3.63, 3.8) is 0 Å². The molecule has 7 heteroatoms. The van der Waals surface area contributed by atoms with E-state index < -0.39 is 0 Å². The van der Waals surface area contributed by atoms with Crippen LogP contribution in [0.2, 0.25) is 0 Å². The van der Waals surface area contributed by atoms with Crippen molar-refractivity contribution in [3.05, 3.63) is 40.1 Å². The van der Waals surface area contributed by atoms with Gasteiger partial charge < -0.3 is 15.5 Å². The topological polar surface area (TPSA) is 71.2 Å². The second-order valence-electron chi connectivity index (χ2n) is 5.53. The van der Waals surface area contributed by atoms with Crippen molar-refractivity contribution in [2.45, 2.75) is 0 Å². The fraction of sp³-hybridized carbons (Fsp3) is 0.312. The number of likely N-dealkylation sites (N-methyl/N-ethyl adjacent to an activating group) is 1. The van der Waals surface area contributed by atoms with Crippen LogP contribution in [0.4, 0.5) is 11.9 Å². The number of halogens is 1. The van der Waals surface area contributed by atoms with Crippen LogP contribution in [0.3, 0.4) is 0 Å². The lowest BCUT2D eigenvalue weighted by molar-refractivity contribution is 0.311. The maximum Gasteiger partial charge on any atom is 0.230 e. The SMILES string of the molecule is CN1CCN(c2nc(N)nc(/C=C/c3cccc(Br)c3)n2)CC1. The number of hydrogen-bond acceptors (Lipinski definition) is 6. The van der Waals surface area contributed by atoms with Crippen LogP contribution in [-0.4, -0.2) is 53.1 Å². The Labute approximate surface area is 144 Å². The Morgan fingerprint density at radius 3 is 2.61 bits per heavy atom. The smallest absolute Gasteiger partial charge is 0.230 e. The number of benzene rings is 1. The van der Waals surface area contributed by atoms with Crippen LogP contribution >= 0.6 is 15.9 Å². The minimum absolute atomic E-state index is 0.253. The molecule has 0 saturated carbocycles. The molecule has 1 saturated heterocycles. The lowest BCUT2D eigenvalue weighted by Gasteiger charge is -2.32. The lowest BCUT2D eigenvalue weighted by atomic mass is 10.2. The number of anilines is 2. The van der Waals surface area contributed by atoms with Gasteiger partial charge in [-0.2, -0.15) is 15.0 Å². The van der Waals surface area contributed by atoms with Crippen molar-refractivity contribution < 1.29 is 0 Å². The predicted molar refractivity (Wildman–Crippen MR) is 97.0 cm³/mol. The molecule has 1 aromatic heterocycles. The molecule has 1 fully saturated rings. The molecule has 120 valence electrons. The summed E-state index contributed by atoms with van der Waals surface area (Å²) in [5.41, 5.74) is 6.91. The average Bonchev–Trinajstić information content (AvgIpc) is 2.53. The van der Waals surface area contributed by atoms with Crippen LogP contribution in [0, 0.1) is 0 Å². The third-order valence-corrected chi connectivity index (χ3v) is 4.21. The maximum absolute atomic E-state index is 5.85. The van der Waals surface area contributed by atoms with E-state index in [-0.39, 0.29) is 5.95 Å². The van der Waals surface area contributed by atoms with Crippen LogP contribution in [0.25, 0.3) is 12.2 Å². The van der Waals surface area contributed by atoms with Crippen LogP contribution in [0.5, 0.6) is 0 Å². The Hall–Kier alpha value is -1.99. The van der Waals surface area contributed by atoms with Gasteiger partial charge in [-0.1, -0.05) is 34.1 Å².